The van der Waals surface area contributed by atoms with E-state index in [4.69, 9.17) is 9.72 Å². The predicted molar refractivity (Wildman–Crippen MR) is 143 cm³/mol. The quantitative estimate of drug-likeness (QED) is 0.325. The van der Waals surface area contributed by atoms with Gasteiger partial charge >= 0.3 is 6.03 Å². The third-order valence-corrected chi connectivity index (χ3v) is 7.16. The fourth-order valence-corrected chi connectivity index (χ4v) is 4.93. The number of carbonyl (C=O) groups excluding carboxylic acids is 1. The summed E-state index contributed by atoms with van der Waals surface area (Å²) in [6.45, 7) is 1.46. The molecular weight excluding hydrogens is 518 g/mol. The lowest BCUT2D eigenvalue weighted by Crippen LogP contribution is -2.45. The first-order valence-electron chi connectivity index (χ1n) is 12.9. The van der Waals surface area contributed by atoms with Crippen LogP contribution in [0, 0.1) is 0 Å². The summed E-state index contributed by atoms with van der Waals surface area (Å²) in [6, 6.07) is 7.15. The van der Waals surface area contributed by atoms with Crippen molar-refractivity contribution in [2.75, 3.05) is 19.1 Å². The highest BCUT2D eigenvalue weighted by atomic mass is 19.3. The molecule has 1 aromatic carbocycles. The van der Waals surface area contributed by atoms with Crippen LogP contribution in [-0.4, -0.2) is 54.6 Å². The number of hydrogen-bond donors (Lipinski definition) is 0. The molecule has 4 aromatic rings. The van der Waals surface area contributed by atoms with Crippen molar-refractivity contribution in [3.8, 4) is 28.7 Å². The molecule has 4 heterocycles. The molecule has 0 radical (unpaired) electrons. The van der Waals surface area contributed by atoms with E-state index < -0.39 is 5.92 Å². The molecule has 1 saturated carbocycles. The Hall–Kier alpha value is -4.48. The van der Waals surface area contributed by atoms with Crippen LogP contribution in [0.3, 0.4) is 0 Å². The van der Waals surface area contributed by atoms with Crippen LogP contribution in [0.15, 0.2) is 43.0 Å². The van der Waals surface area contributed by atoms with Crippen molar-refractivity contribution in [2.24, 2.45) is 7.05 Å². The number of rotatable bonds is 7. The summed E-state index contributed by atoms with van der Waals surface area (Å²) in [5.41, 5.74) is 3.57. The van der Waals surface area contributed by atoms with Gasteiger partial charge in [0.2, 0.25) is 5.88 Å². The molecular formula is C28H28F2N8O2. The summed E-state index contributed by atoms with van der Waals surface area (Å²) in [5.74, 6) is -0.952. The van der Waals surface area contributed by atoms with Gasteiger partial charge in [-0.3, -0.25) is 4.90 Å². The van der Waals surface area contributed by atoms with Gasteiger partial charge in [-0.15, -0.1) is 0 Å². The minimum atomic E-state index is -3.03. The van der Waals surface area contributed by atoms with Crippen molar-refractivity contribution in [2.45, 2.75) is 44.7 Å². The van der Waals surface area contributed by atoms with E-state index in [0.29, 0.717) is 46.9 Å². The number of benzene rings is 1. The zero-order valence-corrected chi connectivity index (χ0v) is 22.6. The lowest BCUT2D eigenvalue weighted by atomic mass is 10.1. The number of ether oxygens (including phenoxy) is 1. The molecule has 10 nitrogen and oxygen atoms in total. The van der Waals surface area contributed by atoms with E-state index >= 15 is 0 Å². The Labute approximate surface area is 229 Å². The number of aryl methyl sites for hydroxylation is 1. The molecule has 0 bridgehead atoms. The Morgan fingerprint density at radius 3 is 2.48 bits per heavy atom. The van der Waals surface area contributed by atoms with E-state index in [1.807, 2.05) is 24.3 Å². The maximum atomic E-state index is 13.8. The molecule has 40 heavy (non-hydrogen) atoms. The number of halogens is 2. The number of alkyl halides is 2. The minimum Gasteiger partial charge on any atom is -0.480 e. The van der Waals surface area contributed by atoms with Gasteiger partial charge in [-0.05, 0) is 18.4 Å². The van der Waals surface area contributed by atoms with Crippen molar-refractivity contribution in [3.63, 3.8) is 0 Å². The lowest BCUT2D eigenvalue weighted by Gasteiger charge is -2.34. The molecule has 6 rings (SSSR count). The Bertz CT molecular complexity index is 1600. The van der Waals surface area contributed by atoms with E-state index in [0.717, 1.165) is 36.6 Å². The van der Waals surface area contributed by atoms with Gasteiger partial charge in [0.1, 0.15) is 29.2 Å². The van der Waals surface area contributed by atoms with E-state index in [2.05, 4.69) is 19.9 Å². The molecule has 206 valence electrons. The van der Waals surface area contributed by atoms with Crippen molar-refractivity contribution in [1.82, 2.24) is 34.4 Å². The largest absolute Gasteiger partial charge is 0.480 e. The number of methoxy groups -OCH3 is 1. The molecule has 0 atom stereocenters. The van der Waals surface area contributed by atoms with Crippen LogP contribution in [0.4, 0.5) is 19.4 Å². The fraction of sp³-hybridized carbons (Fsp3) is 0.357. The zero-order valence-electron chi connectivity index (χ0n) is 22.6. The second kappa shape index (κ2) is 9.61. The van der Waals surface area contributed by atoms with Gasteiger partial charge in [0.25, 0.3) is 5.92 Å². The number of nitrogens with zero attached hydrogens (tertiary/aromatic N) is 8. The summed E-state index contributed by atoms with van der Waals surface area (Å²) in [5, 5.41) is 0. The van der Waals surface area contributed by atoms with Crippen molar-refractivity contribution in [3.05, 3.63) is 65.5 Å². The summed E-state index contributed by atoms with van der Waals surface area (Å²) >= 11 is 0. The summed E-state index contributed by atoms with van der Waals surface area (Å²) in [7, 11) is 4.97. The highest BCUT2D eigenvalue weighted by molar-refractivity contribution is 5.93. The van der Waals surface area contributed by atoms with E-state index in [-0.39, 0.29) is 18.3 Å². The SMILES string of the molecule is COc1ncnc(C2CC2)c1-c1ncc2c(n1)N(Cc1ccc(-c3nc(C(C)(F)F)cn3C)cc1)C(=O)N(C)C2. The van der Waals surface area contributed by atoms with Crippen LogP contribution >= 0.6 is 0 Å². The Morgan fingerprint density at radius 2 is 1.82 bits per heavy atom. The highest BCUT2D eigenvalue weighted by Gasteiger charge is 2.34. The van der Waals surface area contributed by atoms with Crippen LogP contribution in [0.2, 0.25) is 0 Å². The predicted octanol–water partition coefficient (Wildman–Crippen LogP) is 4.90. The molecule has 2 amide bonds. The van der Waals surface area contributed by atoms with Crippen molar-refractivity contribution in [1.29, 1.82) is 0 Å². The van der Waals surface area contributed by atoms with Gasteiger partial charge in [0, 0.05) is 50.5 Å². The van der Waals surface area contributed by atoms with Crippen LogP contribution < -0.4 is 9.64 Å². The van der Waals surface area contributed by atoms with E-state index in [1.54, 1.807) is 41.8 Å². The number of fused-ring (bicyclic) bond motifs is 1. The second-order valence-corrected chi connectivity index (χ2v) is 10.3. The Balaban J connectivity index is 1.33. The van der Waals surface area contributed by atoms with Crippen LogP contribution in [0.5, 0.6) is 5.88 Å². The van der Waals surface area contributed by atoms with Gasteiger partial charge in [-0.2, -0.15) is 8.78 Å². The first kappa shape index (κ1) is 25.8. The number of urea groups is 1. The first-order chi connectivity index (χ1) is 19.1. The maximum Gasteiger partial charge on any atom is 0.326 e. The topological polar surface area (TPSA) is 102 Å². The fourth-order valence-electron chi connectivity index (χ4n) is 4.93. The number of hydrogen-bond acceptors (Lipinski definition) is 7. The highest BCUT2D eigenvalue weighted by Crippen LogP contribution is 2.45. The molecule has 1 aliphatic heterocycles. The molecule has 12 heteroatoms. The van der Waals surface area contributed by atoms with Gasteiger partial charge in [0.05, 0.1) is 25.9 Å². The third kappa shape index (κ3) is 4.63. The van der Waals surface area contributed by atoms with E-state index in [1.165, 1.54) is 12.5 Å². The Morgan fingerprint density at radius 1 is 1.07 bits per heavy atom. The lowest BCUT2D eigenvalue weighted by molar-refractivity contribution is 0.0131. The number of anilines is 1. The third-order valence-electron chi connectivity index (χ3n) is 7.16. The first-order valence-corrected chi connectivity index (χ1v) is 12.9. The molecule has 0 saturated heterocycles. The molecule has 0 unspecified atom stereocenters. The standard InChI is InChI=1S/C28H28F2N8O2/c1-28(29,30)20-14-36(2)24(34-20)18-7-5-16(6-8-18)12-38-25-19(13-37(3)27(38)39)11-31-23(35-25)21-22(17-9-10-17)32-15-33-26(21)40-4/h5-8,11,14-15,17H,9-10,12-13H2,1-4H3. The molecule has 0 N–H and O–H groups in total. The summed E-state index contributed by atoms with van der Waals surface area (Å²) in [6.07, 6.45) is 6.62. The van der Waals surface area contributed by atoms with Crippen LogP contribution in [0.25, 0.3) is 22.8 Å². The number of imidazole rings is 1. The van der Waals surface area contributed by atoms with Crippen molar-refractivity contribution >= 4 is 11.8 Å². The maximum absolute atomic E-state index is 13.8. The average Bonchev–Trinajstić information content (AvgIpc) is 3.71. The number of aromatic nitrogens is 6. The van der Waals surface area contributed by atoms with Crippen LogP contribution in [-0.2, 0) is 26.1 Å². The molecule has 1 aliphatic carbocycles. The van der Waals surface area contributed by atoms with Gasteiger partial charge < -0.3 is 14.2 Å². The van der Waals surface area contributed by atoms with E-state index in [9.17, 15) is 13.6 Å². The van der Waals surface area contributed by atoms with Crippen LogP contribution in [0.1, 0.15) is 48.2 Å². The summed E-state index contributed by atoms with van der Waals surface area (Å²) < 4.78 is 34.7. The zero-order chi connectivity index (χ0) is 28.2. The molecule has 0 spiro atoms. The molecule has 1 fully saturated rings. The molecule has 3 aromatic heterocycles. The summed E-state index contributed by atoms with van der Waals surface area (Å²) in [4.78, 5) is 38.9. The second-order valence-electron chi connectivity index (χ2n) is 10.3. The van der Waals surface area contributed by atoms with Gasteiger partial charge in [0.15, 0.2) is 5.82 Å². The smallest absolute Gasteiger partial charge is 0.326 e. The minimum absolute atomic E-state index is 0.196. The molecule has 2 aliphatic rings. The van der Waals surface area contributed by atoms with Crippen molar-refractivity contribution < 1.29 is 18.3 Å². The average molecular weight is 547 g/mol. The normalized spacial score (nSPS) is 15.4. The van der Waals surface area contributed by atoms with Gasteiger partial charge in [-0.25, -0.2) is 29.7 Å². The monoisotopic (exact) mass is 546 g/mol. The Kier molecular flexibility index (Phi) is 6.20. The number of carbonyl (C=O) groups is 1. The number of amides is 2. The van der Waals surface area contributed by atoms with Gasteiger partial charge in [-0.1, -0.05) is 24.3 Å².